The minimum absolute atomic E-state index is 1.13. The number of rotatable bonds is 9. The number of allylic oxidation sites excluding steroid dienone is 3. The molecule has 0 heterocycles. The molecule has 0 nitrogen and oxygen atoms in total. The van der Waals surface area contributed by atoms with E-state index in [2.05, 4.69) is 48.2 Å². The maximum atomic E-state index is 3.82. The molecule has 0 unspecified atom stereocenters. The summed E-state index contributed by atoms with van der Waals surface area (Å²) in [5, 5.41) is 0. The molecular weight excluding hydrogens is 283 g/mol. The second kappa shape index (κ2) is 11.3. The summed E-state index contributed by atoms with van der Waals surface area (Å²) in [4.78, 5) is 0. The highest BCUT2D eigenvalue weighted by Gasteiger charge is 1.89. The van der Waals surface area contributed by atoms with Gasteiger partial charge < -0.3 is 0 Å². The second-order valence-electron chi connectivity index (χ2n) is 3.76. The molecule has 0 aliphatic rings. The third-order valence-electron chi connectivity index (χ3n) is 2.27. The zero-order chi connectivity index (χ0) is 10.6. The summed E-state index contributed by atoms with van der Waals surface area (Å²) >= 11 is 2.24. The van der Waals surface area contributed by atoms with E-state index in [-0.39, 0.29) is 0 Å². The van der Waals surface area contributed by atoms with Crippen molar-refractivity contribution < 1.29 is 0 Å². The smallest absolute Gasteiger partial charge is 0.00548 e. The monoisotopic (exact) mass is 306 g/mol. The van der Waals surface area contributed by atoms with Gasteiger partial charge in [-0.3, -0.25) is 0 Å². The Bertz CT molecular complexity index is 159. The molecular formula is C13H23I. The number of halogens is 1. The van der Waals surface area contributed by atoms with E-state index >= 15 is 0 Å². The van der Waals surface area contributed by atoms with Crippen molar-refractivity contribution in [1.82, 2.24) is 0 Å². The van der Waals surface area contributed by atoms with Gasteiger partial charge in [-0.05, 0) is 35.4 Å². The Morgan fingerprint density at radius 2 is 1.64 bits per heavy atom. The van der Waals surface area contributed by atoms with Gasteiger partial charge in [-0.1, -0.05) is 64.2 Å². The second-order valence-corrected chi connectivity index (χ2v) is 5.14. The number of hydrogen-bond donors (Lipinski definition) is 0. The molecule has 0 saturated carbocycles. The van der Waals surface area contributed by atoms with Crippen molar-refractivity contribution in [3.63, 3.8) is 0 Å². The summed E-state index contributed by atoms with van der Waals surface area (Å²) in [5.74, 6) is 0. The summed E-state index contributed by atoms with van der Waals surface area (Å²) in [6.07, 6.45) is 15.3. The Kier molecular flexibility index (Phi) is 11.5. The van der Waals surface area contributed by atoms with Crippen molar-refractivity contribution in [2.75, 3.05) is 0 Å². The predicted molar refractivity (Wildman–Crippen MR) is 74.9 cm³/mol. The van der Waals surface area contributed by atoms with Crippen LogP contribution in [0.3, 0.4) is 0 Å². The lowest BCUT2D eigenvalue weighted by Gasteiger charge is -1.98. The van der Waals surface area contributed by atoms with Crippen molar-refractivity contribution in [2.24, 2.45) is 0 Å². The van der Waals surface area contributed by atoms with Crippen LogP contribution in [-0.2, 0) is 0 Å². The topological polar surface area (TPSA) is 0 Å². The van der Waals surface area contributed by atoms with E-state index in [1.807, 2.05) is 0 Å². The van der Waals surface area contributed by atoms with Crippen LogP contribution in [0.1, 0.15) is 58.3 Å². The van der Waals surface area contributed by atoms with Gasteiger partial charge in [-0.15, -0.1) is 0 Å². The molecule has 0 spiro atoms. The van der Waals surface area contributed by atoms with Gasteiger partial charge in [0.15, 0.2) is 0 Å². The van der Waals surface area contributed by atoms with Crippen molar-refractivity contribution in [3.05, 3.63) is 22.3 Å². The average molecular weight is 306 g/mol. The van der Waals surface area contributed by atoms with E-state index in [0.717, 1.165) is 3.58 Å². The van der Waals surface area contributed by atoms with E-state index in [1.165, 1.54) is 51.4 Å². The van der Waals surface area contributed by atoms with E-state index < -0.39 is 0 Å². The van der Waals surface area contributed by atoms with Gasteiger partial charge in [0.05, 0.1) is 0 Å². The molecule has 0 radical (unpaired) electrons. The molecule has 0 rings (SSSR count). The fourth-order valence-corrected chi connectivity index (χ4v) is 1.68. The van der Waals surface area contributed by atoms with Crippen LogP contribution in [0.2, 0.25) is 0 Å². The lowest BCUT2D eigenvalue weighted by atomic mass is 10.1. The summed E-state index contributed by atoms with van der Waals surface area (Å²) in [6.45, 7) is 6.09. The van der Waals surface area contributed by atoms with Crippen molar-refractivity contribution in [3.8, 4) is 0 Å². The molecule has 0 atom stereocenters. The molecule has 0 aromatic heterocycles. The zero-order valence-corrected chi connectivity index (χ0v) is 11.6. The van der Waals surface area contributed by atoms with E-state index in [0.29, 0.717) is 0 Å². The van der Waals surface area contributed by atoms with Crippen LogP contribution >= 0.6 is 22.6 Å². The Morgan fingerprint density at radius 3 is 2.21 bits per heavy atom. The molecule has 0 aliphatic carbocycles. The van der Waals surface area contributed by atoms with Crippen LogP contribution < -0.4 is 0 Å². The van der Waals surface area contributed by atoms with Crippen molar-refractivity contribution in [1.29, 1.82) is 0 Å². The third kappa shape index (κ3) is 12.2. The quantitative estimate of drug-likeness (QED) is 0.294. The minimum atomic E-state index is 1.13. The molecule has 0 aromatic carbocycles. The largest absolute Gasteiger partial charge is 0.0856 e. The summed E-state index contributed by atoms with van der Waals surface area (Å²) in [5.41, 5.74) is 0. The average Bonchev–Trinajstić information content (AvgIpc) is 2.15. The van der Waals surface area contributed by atoms with E-state index in [1.54, 1.807) is 0 Å². The molecule has 0 N–H and O–H groups in total. The Balaban J connectivity index is 3.02. The van der Waals surface area contributed by atoms with Crippen LogP contribution in [0.15, 0.2) is 22.3 Å². The van der Waals surface area contributed by atoms with Crippen LogP contribution in [0.25, 0.3) is 0 Å². The van der Waals surface area contributed by atoms with E-state index in [4.69, 9.17) is 0 Å². The first-order valence-corrected chi connectivity index (χ1v) is 6.86. The summed E-state index contributed by atoms with van der Waals surface area (Å²) < 4.78 is 1.13. The van der Waals surface area contributed by atoms with Gasteiger partial charge in [0.2, 0.25) is 0 Å². The maximum absolute atomic E-state index is 3.82. The van der Waals surface area contributed by atoms with Crippen LogP contribution in [-0.4, -0.2) is 0 Å². The molecule has 0 aromatic rings. The standard InChI is InChI=1S/C13H23I/c1-3-4-5-6-7-8-9-10-11-12-13(2)14/h11-12H,2-10H2,1H3/b12-11+. The first-order valence-electron chi connectivity index (χ1n) is 5.78. The molecule has 0 amide bonds. The van der Waals surface area contributed by atoms with Crippen molar-refractivity contribution in [2.45, 2.75) is 58.3 Å². The molecule has 0 aliphatic heterocycles. The Labute approximate surface area is 103 Å². The molecule has 82 valence electrons. The fourth-order valence-electron chi connectivity index (χ4n) is 1.43. The predicted octanol–water partition coefficient (Wildman–Crippen LogP) is 5.63. The summed E-state index contributed by atoms with van der Waals surface area (Å²) in [7, 11) is 0. The maximum Gasteiger partial charge on any atom is 0.00548 e. The van der Waals surface area contributed by atoms with Gasteiger partial charge in [0.1, 0.15) is 0 Å². The van der Waals surface area contributed by atoms with E-state index in [9.17, 15) is 0 Å². The highest BCUT2D eigenvalue weighted by atomic mass is 127. The van der Waals surface area contributed by atoms with Gasteiger partial charge >= 0.3 is 0 Å². The normalized spacial score (nSPS) is 11.0. The molecule has 1 heteroatoms. The summed E-state index contributed by atoms with van der Waals surface area (Å²) in [6, 6.07) is 0. The van der Waals surface area contributed by atoms with Gasteiger partial charge in [0.25, 0.3) is 0 Å². The number of unbranched alkanes of at least 4 members (excludes halogenated alkanes) is 7. The first kappa shape index (κ1) is 14.2. The highest BCUT2D eigenvalue weighted by molar-refractivity contribution is 14.1. The van der Waals surface area contributed by atoms with Crippen LogP contribution in [0.4, 0.5) is 0 Å². The molecule has 0 fully saturated rings. The van der Waals surface area contributed by atoms with Gasteiger partial charge in [-0.2, -0.15) is 0 Å². The third-order valence-corrected chi connectivity index (χ3v) is 2.63. The Hall–Kier alpha value is 0.210. The molecule has 14 heavy (non-hydrogen) atoms. The first-order chi connectivity index (χ1) is 6.77. The zero-order valence-electron chi connectivity index (χ0n) is 9.40. The SMILES string of the molecule is C=C(I)/C=C/CCCCCCCCC. The lowest BCUT2D eigenvalue weighted by molar-refractivity contribution is 0.592. The molecule has 0 saturated heterocycles. The van der Waals surface area contributed by atoms with Gasteiger partial charge in [-0.25, -0.2) is 0 Å². The van der Waals surface area contributed by atoms with Crippen LogP contribution in [0.5, 0.6) is 0 Å². The van der Waals surface area contributed by atoms with Crippen molar-refractivity contribution >= 4 is 22.6 Å². The Morgan fingerprint density at radius 1 is 1.07 bits per heavy atom. The molecule has 0 bridgehead atoms. The highest BCUT2D eigenvalue weighted by Crippen LogP contribution is 2.09. The number of hydrogen-bond acceptors (Lipinski definition) is 0. The fraction of sp³-hybridized carbons (Fsp3) is 0.692. The minimum Gasteiger partial charge on any atom is -0.0856 e. The van der Waals surface area contributed by atoms with Crippen LogP contribution in [0, 0.1) is 0 Å². The van der Waals surface area contributed by atoms with Gasteiger partial charge in [0, 0.05) is 3.58 Å². The lowest BCUT2D eigenvalue weighted by Crippen LogP contribution is -1.78.